The van der Waals surface area contributed by atoms with Crippen LogP contribution in [0.2, 0.25) is 0 Å². The molecule has 208 valence electrons. The second kappa shape index (κ2) is 10.1. The SMILES string of the molecule is N#C[C@H](C[C@@H]1CCCNC1=O)NC(=O)[C@@H]1[C@@H]2CC(F)(F)C[C@@H]2CN1C(=O)c1cc2c(F)ccc(C(F)F)c2[nH]1. The number of amides is 3. The van der Waals surface area contributed by atoms with Gasteiger partial charge in [0.2, 0.25) is 17.7 Å². The van der Waals surface area contributed by atoms with E-state index in [-0.39, 0.29) is 35.5 Å². The fraction of sp³-hybridized carbons (Fsp3) is 0.538. The predicted molar refractivity (Wildman–Crippen MR) is 127 cm³/mol. The lowest BCUT2D eigenvalue weighted by Gasteiger charge is -2.29. The number of H-pyrrole nitrogens is 1. The maximum Gasteiger partial charge on any atom is 0.271 e. The van der Waals surface area contributed by atoms with Gasteiger partial charge in [-0.25, -0.2) is 22.0 Å². The van der Waals surface area contributed by atoms with Crippen molar-refractivity contribution in [3.05, 3.63) is 35.3 Å². The van der Waals surface area contributed by atoms with Gasteiger partial charge < -0.3 is 20.5 Å². The molecule has 1 aliphatic carbocycles. The van der Waals surface area contributed by atoms with E-state index in [9.17, 15) is 41.6 Å². The van der Waals surface area contributed by atoms with E-state index in [1.54, 1.807) is 0 Å². The van der Waals surface area contributed by atoms with E-state index in [2.05, 4.69) is 15.6 Å². The molecule has 0 bridgehead atoms. The molecule has 3 fully saturated rings. The number of aromatic nitrogens is 1. The van der Waals surface area contributed by atoms with Gasteiger partial charge in [-0.1, -0.05) is 0 Å². The largest absolute Gasteiger partial charge is 0.356 e. The van der Waals surface area contributed by atoms with E-state index < -0.39 is 78.2 Å². The van der Waals surface area contributed by atoms with E-state index in [1.807, 2.05) is 6.07 Å². The molecule has 0 spiro atoms. The highest BCUT2D eigenvalue weighted by Gasteiger charge is 2.58. The van der Waals surface area contributed by atoms with Crippen molar-refractivity contribution < 1.29 is 36.3 Å². The number of hydrogen-bond acceptors (Lipinski definition) is 4. The minimum absolute atomic E-state index is 0.0245. The number of piperidine rings is 1. The lowest BCUT2D eigenvalue weighted by Crippen LogP contribution is -2.52. The van der Waals surface area contributed by atoms with Crippen molar-refractivity contribution in [1.29, 1.82) is 5.26 Å². The Balaban J connectivity index is 1.42. The molecule has 13 heteroatoms. The summed E-state index contributed by atoms with van der Waals surface area (Å²) in [4.78, 5) is 42.7. The zero-order chi connectivity index (χ0) is 28.1. The molecule has 3 aliphatic rings. The summed E-state index contributed by atoms with van der Waals surface area (Å²) in [6.45, 7) is 0.324. The summed E-state index contributed by atoms with van der Waals surface area (Å²) < 4.78 is 69.9. The van der Waals surface area contributed by atoms with Gasteiger partial charge in [0.15, 0.2) is 0 Å². The number of hydrogen-bond donors (Lipinski definition) is 3. The zero-order valence-electron chi connectivity index (χ0n) is 20.7. The summed E-state index contributed by atoms with van der Waals surface area (Å²) in [5.74, 6) is -7.86. The molecule has 2 saturated heterocycles. The third-order valence-corrected chi connectivity index (χ3v) is 8.03. The number of carbonyl (C=O) groups excluding carboxylic acids is 3. The lowest BCUT2D eigenvalue weighted by atomic mass is 9.90. The highest BCUT2D eigenvalue weighted by molar-refractivity contribution is 6.01. The molecule has 0 radical (unpaired) electrons. The van der Waals surface area contributed by atoms with E-state index in [1.165, 1.54) is 0 Å². The molecule has 1 aromatic heterocycles. The van der Waals surface area contributed by atoms with Crippen LogP contribution >= 0.6 is 0 Å². The van der Waals surface area contributed by atoms with Crippen LogP contribution < -0.4 is 10.6 Å². The van der Waals surface area contributed by atoms with Gasteiger partial charge in [0.25, 0.3) is 12.3 Å². The number of aromatic amines is 1. The van der Waals surface area contributed by atoms with E-state index in [4.69, 9.17) is 0 Å². The van der Waals surface area contributed by atoms with Crippen molar-refractivity contribution >= 4 is 28.6 Å². The number of likely N-dealkylation sites (tertiary alicyclic amines) is 1. The molecule has 39 heavy (non-hydrogen) atoms. The third kappa shape index (κ3) is 5.04. The average molecular weight is 552 g/mol. The van der Waals surface area contributed by atoms with Crippen molar-refractivity contribution in [2.45, 2.75) is 56.5 Å². The van der Waals surface area contributed by atoms with Crippen molar-refractivity contribution in [1.82, 2.24) is 20.5 Å². The van der Waals surface area contributed by atoms with Gasteiger partial charge in [-0.2, -0.15) is 5.26 Å². The normalized spacial score (nSPS) is 26.8. The summed E-state index contributed by atoms with van der Waals surface area (Å²) in [5.41, 5.74) is -1.05. The van der Waals surface area contributed by atoms with Gasteiger partial charge in [-0.05, 0) is 49.3 Å². The molecule has 0 unspecified atom stereocenters. The summed E-state index contributed by atoms with van der Waals surface area (Å²) in [6.07, 6.45) is -2.86. The summed E-state index contributed by atoms with van der Waals surface area (Å²) in [6, 6.07) is 2.30. The van der Waals surface area contributed by atoms with Crippen LogP contribution in [-0.2, 0) is 9.59 Å². The standard InChI is InChI=1S/C26H26F5N5O3/c27-18-4-3-15(22(28)29)20-16(18)7-19(35-20)25(39)36-11-13-8-26(30,31)9-17(13)21(36)24(38)34-14(10-32)6-12-2-1-5-33-23(12)37/h3-4,7,12-14,17,21-22,35H,1-2,5-6,8-9,11H2,(H,33,37)(H,34,38)/t12-,13+,14-,17+,21-/m0/s1. The minimum atomic E-state index is -3.03. The number of carbonyl (C=O) groups is 3. The molecule has 3 heterocycles. The molecule has 2 aromatic rings. The van der Waals surface area contributed by atoms with E-state index in [0.717, 1.165) is 23.1 Å². The number of nitriles is 1. The van der Waals surface area contributed by atoms with Gasteiger partial charge in [0, 0.05) is 42.8 Å². The molecule has 3 N–H and O–H groups in total. The van der Waals surface area contributed by atoms with Crippen molar-refractivity contribution in [2.75, 3.05) is 13.1 Å². The van der Waals surface area contributed by atoms with Crippen LogP contribution in [0.1, 0.15) is 54.6 Å². The van der Waals surface area contributed by atoms with Crippen LogP contribution in [0.25, 0.3) is 10.9 Å². The fourth-order valence-corrected chi connectivity index (χ4v) is 6.25. The van der Waals surface area contributed by atoms with Crippen LogP contribution in [0.3, 0.4) is 0 Å². The number of fused-ring (bicyclic) bond motifs is 2. The fourth-order valence-electron chi connectivity index (χ4n) is 6.25. The smallest absolute Gasteiger partial charge is 0.271 e. The number of nitrogens with one attached hydrogen (secondary N) is 3. The summed E-state index contributed by atoms with van der Waals surface area (Å²) in [5, 5.41) is 14.6. The van der Waals surface area contributed by atoms with Gasteiger partial charge in [-0.3, -0.25) is 14.4 Å². The van der Waals surface area contributed by atoms with Crippen LogP contribution in [-0.4, -0.2) is 58.7 Å². The monoisotopic (exact) mass is 551 g/mol. The van der Waals surface area contributed by atoms with Crippen molar-refractivity contribution in [2.24, 2.45) is 17.8 Å². The number of benzene rings is 1. The molecule has 2 aliphatic heterocycles. The first-order chi connectivity index (χ1) is 18.5. The van der Waals surface area contributed by atoms with Gasteiger partial charge in [0.1, 0.15) is 23.6 Å². The average Bonchev–Trinajstić information content (AvgIpc) is 3.54. The molecule has 8 nitrogen and oxygen atoms in total. The quantitative estimate of drug-likeness (QED) is 0.475. The number of halogens is 5. The highest BCUT2D eigenvalue weighted by Crippen LogP contribution is 2.50. The lowest BCUT2D eigenvalue weighted by molar-refractivity contribution is -0.129. The second-order valence-corrected chi connectivity index (χ2v) is 10.6. The van der Waals surface area contributed by atoms with E-state index >= 15 is 0 Å². The Labute approximate surface area is 219 Å². The van der Waals surface area contributed by atoms with Gasteiger partial charge in [-0.15, -0.1) is 0 Å². The van der Waals surface area contributed by atoms with Gasteiger partial charge >= 0.3 is 0 Å². The van der Waals surface area contributed by atoms with Gasteiger partial charge in [0.05, 0.1) is 11.6 Å². The number of rotatable bonds is 6. The Hall–Kier alpha value is -3.69. The summed E-state index contributed by atoms with van der Waals surface area (Å²) >= 11 is 0. The minimum Gasteiger partial charge on any atom is -0.356 e. The van der Waals surface area contributed by atoms with Crippen molar-refractivity contribution in [3.8, 4) is 6.07 Å². The highest BCUT2D eigenvalue weighted by atomic mass is 19.3. The molecule has 1 aromatic carbocycles. The first-order valence-corrected chi connectivity index (χ1v) is 12.7. The molecular formula is C26H26F5N5O3. The first-order valence-electron chi connectivity index (χ1n) is 12.7. The Morgan fingerprint density at radius 1 is 1.26 bits per heavy atom. The van der Waals surface area contributed by atoms with Crippen LogP contribution in [0.15, 0.2) is 18.2 Å². The Bertz CT molecular complexity index is 1360. The molecule has 5 rings (SSSR count). The topological polar surface area (TPSA) is 118 Å². The Kier molecular flexibility index (Phi) is 6.99. The Morgan fingerprint density at radius 3 is 2.72 bits per heavy atom. The predicted octanol–water partition coefficient (Wildman–Crippen LogP) is 3.66. The van der Waals surface area contributed by atoms with Crippen molar-refractivity contribution in [3.63, 3.8) is 0 Å². The number of alkyl halides is 4. The molecular weight excluding hydrogens is 525 g/mol. The maximum atomic E-state index is 14.4. The number of nitrogens with zero attached hydrogens (tertiary/aromatic N) is 2. The second-order valence-electron chi connectivity index (χ2n) is 10.6. The Morgan fingerprint density at radius 2 is 2.03 bits per heavy atom. The van der Waals surface area contributed by atoms with E-state index in [0.29, 0.717) is 19.4 Å². The third-order valence-electron chi connectivity index (χ3n) is 8.03. The van der Waals surface area contributed by atoms with Crippen LogP contribution in [0, 0.1) is 34.9 Å². The van der Waals surface area contributed by atoms with Crippen LogP contribution in [0.5, 0.6) is 0 Å². The zero-order valence-corrected chi connectivity index (χ0v) is 20.7. The molecule has 5 atom stereocenters. The first kappa shape index (κ1) is 26.9. The summed E-state index contributed by atoms with van der Waals surface area (Å²) in [7, 11) is 0. The maximum absolute atomic E-state index is 14.4. The van der Waals surface area contributed by atoms with Crippen LogP contribution in [0.4, 0.5) is 22.0 Å². The molecule has 1 saturated carbocycles. The molecule has 3 amide bonds.